The number of aliphatic hydroxyl groups excluding tert-OH is 1. The van der Waals surface area contributed by atoms with Crippen molar-refractivity contribution < 1.29 is 18.3 Å². The lowest BCUT2D eigenvalue weighted by Gasteiger charge is -2.33. The molecule has 2 N–H and O–H groups in total. The van der Waals surface area contributed by atoms with E-state index in [1.54, 1.807) is 13.0 Å². The zero-order valence-corrected chi connectivity index (χ0v) is 14.8. The van der Waals surface area contributed by atoms with Gasteiger partial charge in [0.2, 0.25) is 0 Å². The molecule has 3 heterocycles. The maximum Gasteiger partial charge on any atom is 0.453 e. The number of hydrogen-bond donors (Lipinski definition) is 2. The molecule has 1 atom stereocenters. The average molecular weight is 372 g/mol. The molecule has 0 bridgehead atoms. The van der Waals surface area contributed by atoms with Gasteiger partial charge in [-0.2, -0.15) is 22.7 Å². The van der Waals surface area contributed by atoms with E-state index in [1.165, 1.54) is 0 Å². The van der Waals surface area contributed by atoms with Crippen molar-refractivity contribution in [1.82, 2.24) is 24.5 Å². The third-order valence-electron chi connectivity index (χ3n) is 4.57. The Hall–Kier alpha value is -1.94. The van der Waals surface area contributed by atoms with E-state index in [0.717, 1.165) is 36.9 Å². The van der Waals surface area contributed by atoms with E-state index >= 15 is 0 Å². The molecule has 0 amide bonds. The highest BCUT2D eigenvalue weighted by Crippen LogP contribution is 2.27. The first-order valence-electron chi connectivity index (χ1n) is 8.75. The minimum Gasteiger partial charge on any atom is -0.392 e. The van der Waals surface area contributed by atoms with Crippen molar-refractivity contribution in [2.75, 3.05) is 25.0 Å². The molecule has 1 aliphatic heterocycles. The van der Waals surface area contributed by atoms with E-state index < -0.39 is 12.0 Å². The number of aryl methyl sites for hydroxylation is 1. The van der Waals surface area contributed by atoms with Gasteiger partial charge in [-0.3, -0.25) is 0 Å². The highest BCUT2D eigenvalue weighted by molar-refractivity contribution is 5.46. The number of rotatable bonds is 5. The standard InChI is InChI=1S/C16H23F3N6O/c1-3-12(26)9-24-6-4-11(5-7-24)21-13-8-10(2)20-15-22-14(16(17,18)19)23-25(13)15/h8,11-12,21,26H,3-7,9H2,1-2H3/t12-/m0/s1. The first kappa shape index (κ1) is 18.8. The maximum absolute atomic E-state index is 12.9. The molecular weight excluding hydrogens is 349 g/mol. The van der Waals surface area contributed by atoms with Crippen molar-refractivity contribution in [3.05, 3.63) is 17.6 Å². The summed E-state index contributed by atoms with van der Waals surface area (Å²) in [6.45, 7) is 5.96. The Morgan fingerprint density at radius 1 is 1.31 bits per heavy atom. The molecule has 7 nitrogen and oxygen atoms in total. The summed E-state index contributed by atoms with van der Waals surface area (Å²) in [6.07, 6.45) is -2.54. The lowest BCUT2D eigenvalue weighted by molar-refractivity contribution is -0.144. The van der Waals surface area contributed by atoms with Gasteiger partial charge in [0, 0.05) is 37.4 Å². The summed E-state index contributed by atoms with van der Waals surface area (Å²) in [5.41, 5.74) is 0.574. The summed E-state index contributed by atoms with van der Waals surface area (Å²) >= 11 is 0. The minimum atomic E-state index is -4.61. The summed E-state index contributed by atoms with van der Waals surface area (Å²) in [6, 6.07) is 1.79. The van der Waals surface area contributed by atoms with Crippen LogP contribution in [0.25, 0.3) is 5.78 Å². The molecule has 0 spiro atoms. The third kappa shape index (κ3) is 4.24. The van der Waals surface area contributed by atoms with Crippen LogP contribution in [0.3, 0.4) is 0 Å². The molecule has 0 aromatic carbocycles. The Balaban J connectivity index is 1.72. The van der Waals surface area contributed by atoms with Crippen LogP contribution in [0.4, 0.5) is 19.0 Å². The largest absolute Gasteiger partial charge is 0.453 e. The lowest BCUT2D eigenvalue weighted by Crippen LogP contribution is -2.42. The van der Waals surface area contributed by atoms with Gasteiger partial charge in [-0.15, -0.1) is 5.10 Å². The van der Waals surface area contributed by atoms with E-state index in [0.29, 0.717) is 18.1 Å². The number of aromatic nitrogens is 4. The predicted molar refractivity (Wildman–Crippen MR) is 89.9 cm³/mol. The van der Waals surface area contributed by atoms with Gasteiger partial charge in [0.25, 0.3) is 11.6 Å². The number of halogens is 3. The van der Waals surface area contributed by atoms with Crippen LogP contribution in [0.5, 0.6) is 0 Å². The Morgan fingerprint density at radius 3 is 2.62 bits per heavy atom. The Morgan fingerprint density at radius 2 is 2.00 bits per heavy atom. The van der Waals surface area contributed by atoms with Gasteiger partial charge in [-0.25, -0.2) is 4.98 Å². The predicted octanol–water partition coefficient (Wildman–Crippen LogP) is 2.10. The number of anilines is 1. The molecule has 10 heteroatoms. The van der Waals surface area contributed by atoms with Gasteiger partial charge in [0.05, 0.1) is 6.10 Å². The van der Waals surface area contributed by atoms with Crippen molar-refractivity contribution in [3.8, 4) is 0 Å². The summed E-state index contributed by atoms with van der Waals surface area (Å²) in [7, 11) is 0. The Labute approximate surface area is 149 Å². The van der Waals surface area contributed by atoms with Crippen molar-refractivity contribution >= 4 is 11.6 Å². The third-order valence-corrected chi connectivity index (χ3v) is 4.57. The van der Waals surface area contributed by atoms with E-state index in [1.807, 2.05) is 6.92 Å². The van der Waals surface area contributed by atoms with Gasteiger partial charge in [0.1, 0.15) is 5.82 Å². The molecule has 1 saturated heterocycles. The smallest absolute Gasteiger partial charge is 0.392 e. The second-order valence-electron chi connectivity index (χ2n) is 6.71. The van der Waals surface area contributed by atoms with E-state index in [9.17, 15) is 18.3 Å². The molecule has 2 aromatic rings. The number of β-amino-alcohol motifs (C(OH)–C–C–N with tert-alkyl or cyclic N) is 1. The van der Waals surface area contributed by atoms with Crippen molar-refractivity contribution in [3.63, 3.8) is 0 Å². The Bertz CT molecular complexity index is 754. The Kier molecular flexibility index (Phi) is 5.33. The van der Waals surface area contributed by atoms with Crippen LogP contribution >= 0.6 is 0 Å². The zero-order chi connectivity index (χ0) is 18.9. The summed E-state index contributed by atoms with van der Waals surface area (Å²) in [4.78, 5) is 9.73. The quantitative estimate of drug-likeness (QED) is 0.837. The highest BCUT2D eigenvalue weighted by atomic mass is 19.4. The first-order chi connectivity index (χ1) is 12.3. The number of fused-ring (bicyclic) bond motifs is 1. The van der Waals surface area contributed by atoms with E-state index in [-0.39, 0.29) is 17.9 Å². The van der Waals surface area contributed by atoms with Crippen LogP contribution in [-0.4, -0.2) is 61.4 Å². The number of alkyl halides is 3. The zero-order valence-electron chi connectivity index (χ0n) is 14.8. The molecule has 0 unspecified atom stereocenters. The summed E-state index contributed by atoms with van der Waals surface area (Å²) in [5, 5.41) is 16.6. The number of nitrogens with zero attached hydrogens (tertiary/aromatic N) is 5. The summed E-state index contributed by atoms with van der Waals surface area (Å²) < 4.78 is 39.8. The van der Waals surface area contributed by atoms with Gasteiger partial charge in [-0.1, -0.05) is 6.92 Å². The molecule has 2 aromatic heterocycles. The molecule has 0 radical (unpaired) electrons. The average Bonchev–Trinajstić information content (AvgIpc) is 3.01. The maximum atomic E-state index is 12.9. The van der Waals surface area contributed by atoms with Gasteiger partial charge < -0.3 is 15.3 Å². The summed E-state index contributed by atoms with van der Waals surface area (Å²) in [5.74, 6) is -0.798. The first-order valence-corrected chi connectivity index (χ1v) is 8.75. The number of aliphatic hydroxyl groups is 1. The molecule has 0 aliphatic carbocycles. The number of hydrogen-bond acceptors (Lipinski definition) is 6. The second kappa shape index (κ2) is 7.36. The fourth-order valence-electron chi connectivity index (χ4n) is 3.11. The van der Waals surface area contributed by atoms with Crippen molar-refractivity contribution in [2.45, 2.75) is 51.4 Å². The SMILES string of the molecule is CC[C@H](O)CN1CCC(Nc2cc(C)nc3nc(C(F)(F)F)nn23)CC1. The van der Waals surface area contributed by atoms with Gasteiger partial charge in [-0.05, 0) is 26.2 Å². The van der Waals surface area contributed by atoms with Gasteiger partial charge in [0.15, 0.2) is 0 Å². The monoisotopic (exact) mass is 372 g/mol. The molecule has 144 valence electrons. The van der Waals surface area contributed by atoms with Crippen LogP contribution in [0, 0.1) is 6.92 Å². The van der Waals surface area contributed by atoms with E-state index in [4.69, 9.17) is 0 Å². The van der Waals surface area contributed by atoms with Gasteiger partial charge >= 0.3 is 6.18 Å². The number of nitrogens with one attached hydrogen (secondary N) is 1. The van der Waals surface area contributed by atoms with Crippen LogP contribution in [0.1, 0.15) is 37.7 Å². The minimum absolute atomic E-state index is 0.0664. The fourth-order valence-corrected chi connectivity index (χ4v) is 3.11. The molecule has 0 saturated carbocycles. The second-order valence-corrected chi connectivity index (χ2v) is 6.71. The van der Waals surface area contributed by atoms with Crippen LogP contribution in [-0.2, 0) is 6.18 Å². The number of likely N-dealkylation sites (tertiary alicyclic amines) is 1. The highest BCUT2D eigenvalue weighted by Gasteiger charge is 2.37. The lowest BCUT2D eigenvalue weighted by atomic mass is 10.0. The fraction of sp³-hybridized carbons (Fsp3) is 0.688. The molecule has 3 rings (SSSR count). The van der Waals surface area contributed by atoms with E-state index in [2.05, 4.69) is 25.3 Å². The van der Waals surface area contributed by atoms with Crippen LogP contribution in [0.2, 0.25) is 0 Å². The number of piperidine rings is 1. The van der Waals surface area contributed by atoms with Crippen molar-refractivity contribution in [2.24, 2.45) is 0 Å². The molecule has 26 heavy (non-hydrogen) atoms. The van der Waals surface area contributed by atoms with Crippen molar-refractivity contribution in [1.29, 1.82) is 0 Å². The normalized spacial score (nSPS) is 18.4. The molecule has 1 aliphatic rings. The molecule has 1 fully saturated rings. The topological polar surface area (TPSA) is 78.6 Å². The van der Waals surface area contributed by atoms with Crippen LogP contribution < -0.4 is 5.32 Å². The molecular formula is C16H23F3N6O. The van der Waals surface area contributed by atoms with Crippen LogP contribution in [0.15, 0.2) is 6.07 Å².